The average Bonchev–Trinajstić information content (AvgIpc) is 3.06. The lowest BCUT2D eigenvalue weighted by molar-refractivity contribution is -0.113. The van der Waals surface area contributed by atoms with Crippen LogP contribution in [0.25, 0.3) is 21.8 Å². The fraction of sp³-hybridized carbons (Fsp3) is 0.0526. The van der Waals surface area contributed by atoms with E-state index < -0.39 is 0 Å². The van der Waals surface area contributed by atoms with Crippen LogP contribution in [0.4, 0.5) is 5.69 Å². The Morgan fingerprint density at radius 3 is 2.96 bits per heavy atom. The number of amides is 1. The zero-order valence-electron chi connectivity index (χ0n) is 13.6. The number of aromatic amines is 1. The lowest BCUT2D eigenvalue weighted by atomic mass is 10.2. The van der Waals surface area contributed by atoms with Gasteiger partial charge in [-0.15, -0.1) is 5.10 Å². The average molecular weight is 359 g/mol. The number of nitriles is 1. The molecule has 1 amide bonds. The second-order valence-electron chi connectivity index (χ2n) is 5.64. The summed E-state index contributed by atoms with van der Waals surface area (Å²) in [5, 5.41) is 22.7. The van der Waals surface area contributed by atoms with Crippen LogP contribution < -0.4 is 5.32 Å². The van der Waals surface area contributed by atoms with Crippen molar-refractivity contribution in [2.75, 3.05) is 11.1 Å². The molecule has 0 saturated heterocycles. The Labute approximate surface area is 153 Å². The molecule has 2 heterocycles. The number of hydrogen-bond donors (Lipinski definition) is 2. The SMILES string of the molecule is N#Cc1cccc(NC(=O)CSc2nncc3c2[nH]c2ccccc23)c1. The van der Waals surface area contributed by atoms with Gasteiger partial charge in [0.2, 0.25) is 5.91 Å². The molecule has 26 heavy (non-hydrogen) atoms. The van der Waals surface area contributed by atoms with E-state index in [9.17, 15) is 4.79 Å². The zero-order valence-corrected chi connectivity index (χ0v) is 14.4. The molecule has 0 fully saturated rings. The van der Waals surface area contributed by atoms with Crippen molar-refractivity contribution in [2.45, 2.75) is 5.03 Å². The van der Waals surface area contributed by atoms with Gasteiger partial charge in [0.1, 0.15) is 5.03 Å². The van der Waals surface area contributed by atoms with E-state index in [0.29, 0.717) is 16.3 Å². The molecule has 7 heteroatoms. The van der Waals surface area contributed by atoms with Crippen molar-refractivity contribution in [1.82, 2.24) is 15.2 Å². The minimum atomic E-state index is -0.167. The minimum absolute atomic E-state index is 0.167. The molecule has 4 aromatic rings. The molecule has 0 aliphatic heterocycles. The maximum atomic E-state index is 12.2. The lowest BCUT2D eigenvalue weighted by Crippen LogP contribution is -2.14. The number of thioether (sulfide) groups is 1. The number of nitrogens with one attached hydrogen (secondary N) is 2. The van der Waals surface area contributed by atoms with Crippen molar-refractivity contribution in [3.05, 3.63) is 60.3 Å². The first-order valence-corrected chi connectivity index (χ1v) is 8.88. The second kappa shape index (κ2) is 6.86. The number of hydrogen-bond acceptors (Lipinski definition) is 5. The summed E-state index contributed by atoms with van der Waals surface area (Å²) in [6, 6.07) is 16.8. The number of carbonyl (C=O) groups is 1. The van der Waals surface area contributed by atoms with Crippen LogP contribution in [0, 0.1) is 11.3 Å². The van der Waals surface area contributed by atoms with Crippen LogP contribution in [0.1, 0.15) is 5.56 Å². The van der Waals surface area contributed by atoms with Crippen molar-refractivity contribution in [2.24, 2.45) is 0 Å². The predicted molar refractivity (Wildman–Crippen MR) is 102 cm³/mol. The number of nitrogens with zero attached hydrogens (tertiary/aromatic N) is 3. The van der Waals surface area contributed by atoms with Crippen LogP contribution in [0.3, 0.4) is 0 Å². The van der Waals surface area contributed by atoms with E-state index in [1.54, 1.807) is 30.5 Å². The summed E-state index contributed by atoms with van der Waals surface area (Å²) < 4.78 is 0. The maximum Gasteiger partial charge on any atom is 0.234 e. The molecule has 6 nitrogen and oxygen atoms in total. The molecule has 0 saturated carbocycles. The van der Waals surface area contributed by atoms with Crippen LogP contribution in [-0.2, 0) is 4.79 Å². The molecule has 2 aromatic heterocycles. The summed E-state index contributed by atoms with van der Waals surface area (Å²) in [5.74, 6) is 0.0277. The first-order valence-electron chi connectivity index (χ1n) is 7.89. The van der Waals surface area contributed by atoms with Crippen LogP contribution >= 0.6 is 11.8 Å². The third kappa shape index (κ3) is 3.10. The maximum absolute atomic E-state index is 12.2. The number of rotatable bonds is 4. The molecule has 2 aromatic carbocycles. The zero-order chi connectivity index (χ0) is 17.9. The molecular weight excluding hydrogens is 346 g/mol. The Balaban J connectivity index is 1.52. The molecule has 0 aliphatic carbocycles. The summed E-state index contributed by atoms with van der Waals surface area (Å²) >= 11 is 1.32. The highest BCUT2D eigenvalue weighted by molar-refractivity contribution is 8.00. The van der Waals surface area contributed by atoms with Gasteiger partial charge in [0.15, 0.2) is 0 Å². The molecular formula is C19H13N5OS. The van der Waals surface area contributed by atoms with Crippen LogP contribution in [0.2, 0.25) is 0 Å². The van der Waals surface area contributed by atoms with Crippen molar-refractivity contribution >= 4 is 45.2 Å². The largest absolute Gasteiger partial charge is 0.352 e. The third-order valence-electron chi connectivity index (χ3n) is 3.91. The van der Waals surface area contributed by atoms with Gasteiger partial charge in [-0.05, 0) is 24.3 Å². The van der Waals surface area contributed by atoms with E-state index in [-0.39, 0.29) is 11.7 Å². The quantitative estimate of drug-likeness (QED) is 0.542. The monoisotopic (exact) mass is 359 g/mol. The minimum Gasteiger partial charge on any atom is -0.352 e. The smallest absolute Gasteiger partial charge is 0.234 e. The summed E-state index contributed by atoms with van der Waals surface area (Å²) in [6.07, 6.45) is 1.73. The molecule has 126 valence electrons. The Hall–Kier alpha value is -3.37. The van der Waals surface area contributed by atoms with Gasteiger partial charge in [0, 0.05) is 22.0 Å². The van der Waals surface area contributed by atoms with E-state index in [4.69, 9.17) is 5.26 Å². The number of H-pyrrole nitrogens is 1. The van der Waals surface area contributed by atoms with E-state index >= 15 is 0 Å². The standard InChI is InChI=1S/C19H13N5OS/c20-9-12-4-3-5-13(8-12)22-17(25)11-26-19-18-15(10-21-24-19)14-6-1-2-7-16(14)23-18/h1-8,10,23H,11H2,(H,22,25). The Morgan fingerprint density at radius 2 is 2.08 bits per heavy atom. The summed E-state index contributed by atoms with van der Waals surface area (Å²) in [7, 11) is 0. The van der Waals surface area contributed by atoms with Gasteiger partial charge in [-0.1, -0.05) is 36.0 Å². The van der Waals surface area contributed by atoms with Gasteiger partial charge in [0.25, 0.3) is 0 Å². The summed E-state index contributed by atoms with van der Waals surface area (Å²) in [4.78, 5) is 15.6. The number of aromatic nitrogens is 3. The number of fused-ring (bicyclic) bond motifs is 3. The molecule has 2 N–H and O–H groups in total. The number of carbonyl (C=O) groups excluding carboxylic acids is 1. The highest BCUT2D eigenvalue weighted by atomic mass is 32.2. The van der Waals surface area contributed by atoms with Crippen LogP contribution in [0.15, 0.2) is 59.8 Å². The van der Waals surface area contributed by atoms with Gasteiger partial charge in [-0.2, -0.15) is 10.4 Å². The van der Waals surface area contributed by atoms with Gasteiger partial charge in [0.05, 0.1) is 29.1 Å². The van der Waals surface area contributed by atoms with Crippen LogP contribution in [-0.4, -0.2) is 26.8 Å². The fourth-order valence-corrected chi connectivity index (χ4v) is 3.50. The number of anilines is 1. The molecule has 4 rings (SSSR count). The Bertz CT molecular complexity index is 1160. The van der Waals surface area contributed by atoms with E-state index in [2.05, 4.69) is 26.6 Å². The van der Waals surface area contributed by atoms with Crippen molar-refractivity contribution < 1.29 is 4.79 Å². The molecule has 0 aliphatic rings. The van der Waals surface area contributed by atoms with Crippen molar-refractivity contribution in [1.29, 1.82) is 5.26 Å². The predicted octanol–water partition coefficient (Wildman–Crippen LogP) is 3.71. The number of benzene rings is 2. The second-order valence-corrected chi connectivity index (χ2v) is 6.60. The molecule has 0 unspecified atom stereocenters. The van der Waals surface area contributed by atoms with Crippen LogP contribution in [0.5, 0.6) is 0 Å². The fourth-order valence-electron chi connectivity index (χ4n) is 2.75. The third-order valence-corrected chi connectivity index (χ3v) is 4.88. The van der Waals surface area contributed by atoms with Gasteiger partial charge >= 0.3 is 0 Å². The Morgan fingerprint density at radius 1 is 1.19 bits per heavy atom. The van der Waals surface area contributed by atoms with Crippen molar-refractivity contribution in [3.63, 3.8) is 0 Å². The molecule has 0 bridgehead atoms. The Kier molecular flexibility index (Phi) is 4.25. The highest BCUT2D eigenvalue weighted by Gasteiger charge is 2.12. The van der Waals surface area contributed by atoms with Gasteiger partial charge in [-0.3, -0.25) is 4.79 Å². The van der Waals surface area contributed by atoms with Gasteiger partial charge in [-0.25, -0.2) is 0 Å². The van der Waals surface area contributed by atoms with E-state index in [1.807, 2.05) is 24.3 Å². The highest BCUT2D eigenvalue weighted by Crippen LogP contribution is 2.30. The number of para-hydroxylation sites is 1. The summed E-state index contributed by atoms with van der Waals surface area (Å²) in [5.41, 5.74) is 3.00. The molecule has 0 atom stereocenters. The van der Waals surface area contributed by atoms with Gasteiger partial charge < -0.3 is 10.3 Å². The topological polar surface area (TPSA) is 94.5 Å². The molecule has 0 radical (unpaired) electrons. The molecule has 0 spiro atoms. The summed E-state index contributed by atoms with van der Waals surface area (Å²) in [6.45, 7) is 0. The van der Waals surface area contributed by atoms with E-state index in [0.717, 1.165) is 21.8 Å². The van der Waals surface area contributed by atoms with Crippen molar-refractivity contribution in [3.8, 4) is 6.07 Å². The normalized spacial score (nSPS) is 10.7. The first kappa shape index (κ1) is 16.1. The first-order chi connectivity index (χ1) is 12.7. The van der Waals surface area contributed by atoms with E-state index in [1.165, 1.54) is 11.8 Å². The lowest BCUT2D eigenvalue weighted by Gasteiger charge is -2.05.